The van der Waals surface area contributed by atoms with Crippen LogP contribution < -0.4 is 10.6 Å². The summed E-state index contributed by atoms with van der Waals surface area (Å²) in [6.07, 6.45) is -0.348. The summed E-state index contributed by atoms with van der Waals surface area (Å²) in [6.45, 7) is 5.16. The van der Waals surface area contributed by atoms with E-state index in [4.69, 9.17) is 0 Å². The topological polar surface area (TPSA) is 116 Å². The number of hydrogen-bond acceptors (Lipinski definition) is 5. The highest BCUT2D eigenvalue weighted by molar-refractivity contribution is 6.10. The molecule has 0 aliphatic heterocycles. The van der Waals surface area contributed by atoms with Gasteiger partial charge in [0.1, 0.15) is 17.5 Å². The van der Waals surface area contributed by atoms with Gasteiger partial charge >= 0.3 is 0 Å². The number of aliphatic hydroxyl groups is 1. The second-order valence-electron chi connectivity index (χ2n) is 9.68. The Bertz CT molecular complexity index is 1300. The molecule has 0 heterocycles. The number of nitrogens with one attached hydrogen (secondary N) is 2. The van der Waals surface area contributed by atoms with Crippen molar-refractivity contribution in [3.05, 3.63) is 89.5 Å². The van der Waals surface area contributed by atoms with Crippen LogP contribution in [0.1, 0.15) is 36.0 Å². The Hall–Kier alpha value is -3.97. The average molecular weight is 487 g/mol. The van der Waals surface area contributed by atoms with Crippen molar-refractivity contribution in [1.82, 2.24) is 0 Å². The number of carbonyl (C=O) groups is 3. The van der Waals surface area contributed by atoms with E-state index >= 15 is 0 Å². The molecule has 0 aromatic heterocycles. The first-order valence-electron chi connectivity index (χ1n) is 11.9. The molecule has 4 rings (SSSR count). The summed E-state index contributed by atoms with van der Waals surface area (Å²) in [4.78, 5) is 40.6. The van der Waals surface area contributed by atoms with Gasteiger partial charge in [-0.05, 0) is 61.7 Å². The summed E-state index contributed by atoms with van der Waals surface area (Å²) in [5.74, 6) is -4.78. The Morgan fingerprint density at radius 3 is 1.86 bits per heavy atom. The van der Waals surface area contributed by atoms with E-state index in [-0.39, 0.29) is 12.2 Å². The van der Waals surface area contributed by atoms with Gasteiger partial charge < -0.3 is 20.8 Å². The molecule has 0 radical (unpaired) electrons. The third-order valence-electron chi connectivity index (χ3n) is 6.92. The zero-order chi connectivity index (χ0) is 26.0. The number of anilines is 2. The fourth-order valence-electron chi connectivity index (χ4n) is 5.04. The van der Waals surface area contributed by atoms with Crippen LogP contribution in [0.2, 0.25) is 0 Å². The smallest absolute Gasteiger partial charge is 0.235 e. The second kappa shape index (κ2) is 9.95. The normalized spacial score (nSPS) is 23.7. The number of aromatic hydroxyl groups is 1. The summed E-state index contributed by atoms with van der Waals surface area (Å²) in [5, 5.41) is 26.9. The predicted molar refractivity (Wildman–Crippen MR) is 138 cm³/mol. The summed E-state index contributed by atoms with van der Waals surface area (Å²) in [5.41, 5.74) is 1.62. The highest BCUT2D eigenvalue weighted by Crippen LogP contribution is 2.47. The number of para-hydroxylation sites is 2. The minimum Gasteiger partial charge on any atom is -0.508 e. The van der Waals surface area contributed by atoms with Crippen LogP contribution in [-0.2, 0) is 14.4 Å². The molecular weight excluding hydrogens is 456 g/mol. The molecule has 0 unspecified atom stereocenters. The number of ketones is 1. The Morgan fingerprint density at radius 1 is 0.833 bits per heavy atom. The van der Waals surface area contributed by atoms with E-state index in [1.807, 2.05) is 38.1 Å². The van der Waals surface area contributed by atoms with Gasteiger partial charge in [0.15, 0.2) is 0 Å². The third-order valence-corrected chi connectivity index (χ3v) is 6.92. The molecule has 7 nitrogen and oxygen atoms in total. The molecule has 1 saturated carbocycles. The fourth-order valence-corrected chi connectivity index (χ4v) is 5.04. The Morgan fingerprint density at radius 2 is 1.33 bits per heavy atom. The van der Waals surface area contributed by atoms with E-state index in [2.05, 4.69) is 10.6 Å². The maximum atomic E-state index is 13.7. The maximum absolute atomic E-state index is 13.7. The van der Waals surface area contributed by atoms with Crippen LogP contribution in [0.25, 0.3) is 0 Å². The molecule has 7 heteroatoms. The number of rotatable bonds is 5. The van der Waals surface area contributed by atoms with Gasteiger partial charge in [0.2, 0.25) is 11.8 Å². The van der Waals surface area contributed by atoms with E-state index in [0.717, 1.165) is 11.1 Å². The molecule has 4 N–H and O–H groups in total. The quantitative estimate of drug-likeness (QED) is 0.401. The molecule has 1 aliphatic rings. The van der Waals surface area contributed by atoms with Crippen molar-refractivity contribution in [2.75, 3.05) is 10.6 Å². The van der Waals surface area contributed by atoms with Crippen LogP contribution in [-0.4, -0.2) is 33.4 Å². The number of amides is 2. The van der Waals surface area contributed by atoms with Crippen LogP contribution in [0.4, 0.5) is 11.4 Å². The molecule has 3 aromatic rings. The Balaban J connectivity index is 1.78. The molecule has 36 heavy (non-hydrogen) atoms. The van der Waals surface area contributed by atoms with Crippen molar-refractivity contribution >= 4 is 29.0 Å². The number of phenolic OH excluding ortho intramolecular Hbond substituents is 1. The fraction of sp³-hybridized carbons (Fsp3) is 0.276. The van der Waals surface area contributed by atoms with Gasteiger partial charge in [0, 0.05) is 23.7 Å². The van der Waals surface area contributed by atoms with Crippen molar-refractivity contribution < 1.29 is 24.6 Å². The third kappa shape index (κ3) is 5.02. The van der Waals surface area contributed by atoms with Gasteiger partial charge in [-0.15, -0.1) is 0 Å². The number of phenols is 1. The summed E-state index contributed by atoms with van der Waals surface area (Å²) in [6, 6.07) is 20.5. The van der Waals surface area contributed by atoms with Crippen LogP contribution in [0.3, 0.4) is 0 Å². The summed E-state index contributed by atoms with van der Waals surface area (Å²) in [7, 11) is 0. The van der Waals surface area contributed by atoms with Crippen LogP contribution in [0.15, 0.2) is 72.8 Å². The molecule has 3 aromatic carbocycles. The molecule has 2 amide bonds. The molecule has 0 saturated heterocycles. The number of aryl methyl sites for hydroxylation is 2. The lowest BCUT2D eigenvalue weighted by Gasteiger charge is -2.44. The first kappa shape index (κ1) is 25.1. The number of hydrogen-bond donors (Lipinski definition) is 4. The Labute approximate surface area is 210 Å². The zero-order valence-electron chi connectivity index (χ0n) is 20.5. The van der Waals surface area contributed by atoms with Gasteiger partial charge in [0.25, 0.3) is 0 Å². The maximum Gasteiger partial charge on any atom is 0.235 e. The van der Waals surface area contributed by atoms with Crippen molar-refractivity contribution in [3.8, 4) is 5.75 Å². The van der Waals surface area contributed by atoms with Crippen LogP contribution in [0.5, 0.6) is 5.75 Å². The lowest BCUT2D eigenvalue weighted by Crippen LogP contribution is -2.56. The molecule has 4 atom stereocenters. The van der Waals surface area contributed by atoms with E-state index < -0.39 is 41.0 Å². The lowest BCUT2D eigenvalue weighted by molar-refractivity contribution is -0.150. The molecule has 0 spiro atoms. The minimum atomic E-state index is -1.70. The van der Waals surface area contributed by atoms with Crippen molar-refractivity contribution in [2.45, 2.75) is 38.7 Å². The summed E-state index contributed by atoms with van der Waals surface area (Å²) >= 11 is 0. The number of carbonyl (C=O) groups excluding carboxylic acids is 3. The summed E-state index contributed by atoms with van der Waals surface area (Å²) < 4.78 is 0. The van der Waals surface area contributed by atoms with Gasteiger partial charge in [-0.2, -0.15) is 0 Å². The van der Waals surface area contributed by atoms with Gasteiger partial charge in [-0.3, -0.25) is 14.4 Å². The molecule has 186 valence electrons. The van der Waals surface area contributed by atoms with E-state index in [9.17, 15) is 24.6 Å². The molecule has 1 fully saturated rings. The lowest BCUT2D eigenvalue weighted by atomic mass is 9.61. The number of benzene rings is 3. The highest BCUT2D eigenvalue weighted by Gasteiger charge is 2.56. The first-order valence-corrected chi connectivity index (χ1v) is 11.9. The van der Waals surface area contributed by atoms with E-state index in [1.54, 1.807) is 36.4 Å². The first-order chi connectivity index (χ1) is 17.1. The van der Waals surface area contributed by atoms with Gasteiger partial charge in [0.05, 0.1) is 11.5 Å². The number of Topliss-reactive ketones (excluding diaryl/α,β-unsaturated/α-hetero) is 1. The van der Waals surface area contributed by atoms with Crippen LogP contribution in [0, 0.1) is 25.7 Å². The van der Waals surface area contributed by atoms with Gasteiger partial charge in [-0.1, -0.05) is 48.5 Å². The second-order valence-corrected chi connectivity index (χ2v) is 9.68. The monoisotopic (exact) mass is 486 g/mol. The van der Waals surface area contributed by atoms with Crippen molar-refractivity contribution in [2.24, 2.45) is 11.8 Å². The predicted octanol–water partition coefficient (Wildman–Crippen LogP) is 4.33. The molecule has 0 bridgehead atoms. The highest BCUT2D eigenvalue weighted by atomic mass is 16.3. The van der Waals surface area contributed by atoms with Crippen LogP contribution >= 0.6 is 0 Å². The SMILES string of the molecule is Cc1ccccc1NC(=O)[C@@H]1C(=O)C[C@](C)(O)[C@@H](C(=O)Nc2ccccc2C)[C@@H]1c1ccc(O)cc1. The molecule has 1 aliphatic carbocycles. The zero-order valence-corrected chi connectivity index (χ0v) is 20.5. The standard InChI is InChI=1S/C29H30N2O5/c1-17-8-4-6-10-21(17)30-27(34)25-23(33)16-29(3,36)26(24(25)19-12-14-20(32)15-13-19)28(35)31-22-11-7-5-9-18(22)2/h4-15,24-26,32,36H,16H2,1-3H3,(H,30,34)(H,31,35)/t24-,25-,26-,29+/m1/s1. The average Bonchev–Trinajstić information content (AvgIpc) is 2.81. The van der Waals surface area contributed by atoms with E-state index in [0.29, 0.717) is 16.9 Å². The largest absolute Gasteiger partial charge is 0.508 e. The van der Waals surface area contributed by atoms with Crippen molar-refractivity contribution in [1.29, 1.82) is 0 Å². The van der Waals surface area contributed by atoms with Gasteiger partial charge in [-0.25, -0.2) is 0 Å². The minimum absolute atomic E-state index is 0.00877. The molecular formula is C29H30N2O5. The Kier molecular flexibility index (Phi) is 6.95. The van der Waals surface area contributed by atoms with E-state index in [1.165, 1.54) is 19.1 Å². The van der Waals surface area contributed by atoms with Crippen molar-refractivity contribution in [3.63, 3.8) is 0 Å².